The highest BCUT2D eigenvalue weighted by Crippen LogP contribution is 2.29. The smallest absolute Gasteiger partial charge is 0.273 e. The van der Waals surface area contributed by atoms with E-state index in [2.05, 4.69) is 20.6 Å². The largest absolute Gasteiger partial charge is 0.322 e. The van der Waals surface area contributed by atoms with Crippen molar-refractivity contribution in [2.45, 2.75) is 20.8 Å². The highest BCUT2D eigenvalue weighted by Gasteiger charge is 2.17. The number of carbonyl (C=O) groups excluding carboxylic acids is 1. The van der Waals surface area contributed by atoms with E-state index in [0.29, 0.717) is 22.0 Å². The van der Waals surface area contributed by atoms with Gasteiger partial charge in [0.25, 0.3) is 11.6 Å². The molecule has 0 aliphatic rings. The van der Waals surface area contributed by atoms with Crippen LogP contribution in [0.15, 0.2) is 36.4 Å². The molecule has 0 saturated heterocycles. The molecule has 1 N–H and O–H groups in total. The Balaban J connectivity index is 1.65. The second-order valence-electron chi connectivity index (χ2n) is 6.59. The minimum atomic E-state index is -0.492. The molecule has 0 spiro atoms. The number of rotatable bonds is 4. The van der Waals surface area contributed by atoms with E-state index < -0.39 is 10.8 Å². The van der Waals surface area contributed by atoms with Gasteiger partial charge in [0.05, 0.1) is 4.92 Å². The second kappa shape index (κ2) is 7.06. The number of nitro benzene ring substituents is 1. The number of benzene rings is 2. The van der Waals surface area contributed by atoms with Crippen LogP contribution in [-0.2, 0) is 0 Å². The molecule has 4 rings (SSSR count). The van der Waals surface area contributed by atoms with Gasteiger partial charge in [0, 0.05) is 28.4 Å². The molecule has 10 heteroatoms. The third-order valence-electron chi connectivity index (χ3n) is 4.55. The van der Waals surface area contributed by atoms with Gasteiger partial charge in [-0.1, -0.05) is 29.5 Å². The zero-order chi connectivity index (χ0) is 20.7. The lowest BCUT2D eigenvalue weighted by atomic mass is 10.1. The van der Waals surface area contributed by atoms with Crippen LogP contribution < -0.4 is 5.32 Å². The summed E-state index contributed by atoms with van der Waals surface area (Å²) in [5.74, 6) is 0.284. The summed E-state index contributed by atoms with van der Waals surface area (Å²) in [6.45, 7) is 5.33. The lowest BCUT2D eigenvalue weighted by Crippen LogP contribution is -2.13. The maximum Gasteiger partial charge on any atom is 0.273 e. The van der Waals surface area contributed by atoms with Crippen LogP contribution in [-0.4, -0.2) is 30.6 Å². The van der Waals surface area contributed by atoms with Crippen molar-refractivity contribution < 1.29 is 9.72 Å². The summed E-state index contributed by atoms with van der Waals surface area (Å²) in [5.41, 5.74) is 2.94. The quantitative estimate of drug-likeness (QED) is 0.404. The molecule has 0 fully saturated rings. The first kappa shape index (κ1) is 18.7. The number of fused-ring (bicyclic) bond motifs is 1. The zero-order valence-electron chi connectivity index (χ0n) is 15.8. The van der Waals surface area contributed by atoms with Crippen molar-refractivity contribution in [2.24, 2.45) is 0 Å². The molecule has 4 aromatic rings. The molecule has 0 aliphatic carbocycles. The third-order valence-corrected chi connectivity index (χ3v) is 5.50. The van der Waals surface area contributed by atoms with E-state index in [1.54, 1.807) is 23.6 Å². The first-order valence-electron chi connectivity index (χ1n) is 8.70. The topological polar surface area (TPSA) is 115 Å². The SMILES string of the molecule is Cc1ccc(-c2nn3c(C)nnc3s2)cc1NC(=O)c1ccc(C)c([N+](=O)[O-])c1. The Morgan fingerprint density at radius 1 is 1.10 bits per heavy atom. The van der Waals surface area contributed by atoms with Crippen molar-refractivity contribution in [3.63, 3.8) is 0 Å². The Morgan fingerprint density at radius 3 is 2.59 bits per heavy atom. The number of nitrogens with zero attached hydrogens (tertiary/aromatic N) is 5. The van der Waals surface area contributed by atoms with E-state index >= 15 is 0 Å². The van der Waals surface area contributed by atoms with Crippen molar-refractivity contribution in [3.05, 3.63) is 69.0 Å². The predicted molar refractivity (Wildman–Crippen MR) is 109 cm³/mol. The van der Waals surface area contributed by atoms with Gasteiger partial charge in [-0.3, -0.25) is 14.9 Å². The first-order chi connectivity index (χ1) is 13.8. The number of aryl methyl sites for hydroxylation is 3. The maximum absolute atomic E-state index is 12.7. The van der Waals surface area contributed by atoms with Gasteiger partial charge in [-0.25, -0.2) is 0 Å². The van der Waals surface area contributed by atoms with Crippen LogP contribution in [0.5, 0.6) is 0 Å². The number of amides is 1. The van der Waals surface area contributed by atoms with E-state index in [1.807, 2.05) is 32.0 Å². The lowest BCUT2D eigenvalue weighted by molar-refractivity contribution is -0.385. The average Bonchev–Trinajstić information content (AvgIpc) is 3.26. The van der Waals surface area contributed by atoms with Crippen LogP contribution >= 0.6 is 11.3 Å². The van der Waals surface area contributed by atoms with Crippen LogP contribution in [0.3, 0.4) is 0 Å². The molecule has 1 amide bonds. The van der Waals surface area contributed by atoms with Crippen LogP contribution in [0.25, 0.3) is 15.5 Å². The summed E-state index contributed by atoms with van der Waals surface area (Å²) < 4.78 is 1.67. The molecule has 0 radical (unpaired) electrons. The Hall–Kier alpha value is -3.66. The molecule has 0 aliphatic heterocycles. The van der Waals surface area contributed by atoms with Crippen LogP contribution in [0.1, 0.15) is 27.3 Å². The fourth-order valence-electron chi connectivity index (χ4n) is 2.86. The van der Waals surface area contributed by atoms with Crippen molar-refractivity contribution in [1.29, 1.82) is 0 Å². The Bertz CT molecular complexity index is 1280. The molecule has 2 aromatic carbocycles. The zero-order valence-corrected chi connectivity index (χ0v) is 16.6. The minimum absolute atomic E-state index is 0.0850. The van der Waals surface area contributed by atoms with Crippen molar-refractivity contribution in [3.8, 4) is 10.6 Å². The van der Waals surface area contributed by atoms with Gasteiger partial charge in [-0.15, -0.1) is 10.2 Å². The van der Waals surface area contributed by atoms with Gasteiger partial charge >= 0.3 is 0 Å². The highest BCUT2D eigenvalue weighted by molar-refractivity contribution is 7.19. The van der Waals surface area contributed by atoms with Crippen molar-refractivity contribution in [2.75, 3.05) is 5.32 Å². The number of hydrogen-bond donors (Lipinski definition) is 1. The molecule has 146 valence electrons. The monoisotopic (exact) mass is 408 g/mol. The van der Waals surface area contributed by atoms with Gasteiger partial charge in [0.2, 0.25) is 4.96 Å². The van der Waals surface area contributed by atoms with E-state index in [1.165, 1.54) is 17.4 Å². The predicted octanol–water partition coefficient (Wildman–Crippen LogP) is 3.94. The van der Waals surface area contributed by atoms with Crippen LogP contribution in [0, 0.1) is 30.9 Å². The summed E-state index contributed by atoms with van der Waals surface area (Å²) in [6.07, 6.45) is 0. The van der Waals surface area contributed by atoms with Gasteiger partial charge in [0.15, 0.2) is 5.82 Å². The standard InChI is InChI=1S/C19H16N6O3S/c1-10-4-7-14(18-23-24-12(3)21-22-19(24)29-18)8-15(10)20-17(26)13-6-5-11(2)16(9-13)25(27)28/h4-9H,1-3H3,(H,20,26). The van der Waals surface area contributed by atoms with E-state index in [0.717, 1.165) is 16.1 Å². The third kappa shape index (κ3) is 3.45. The summed E-state index contributed by atoms with van der Waals surface area (Å²) in [4.78, 5) is 24.0. The van der Waals surface area contributed by atoms with Gasteiger partial charge in [-0.05, 0) is 38.5 Å². The number of carbonyl (C=O) groups is 1. The Kier molecular flexibility index (Phi) is 4.55. The number of nitrogens with one attached hydrogen (secondary N) is 1. The van der Waals surface area contributed by atoms with Gasteiger partial charge in [-0.2, -0.15) is 9.61 Å². The molecular formula is C19H16N6O3S. The molecule has 9 nitrogen and oxygen atoms in total. The Labute approximate surface area is 169 Å². The van der Waals surface area contributed by atoms with Gasteiger partial charge in [0.1, 0.15) is 5.01 Å². The molecule has 2 heterocycles. The average molecular weight is 408 g/mol. The fraction of sp³-hybridized carbons (Fsp3) is 0.158. The summed E-state index contributed by atoms with van der Waals surface area (Å²) >= 11 is 1.40. The summed E-state index contributed by atoms with van der Waals surface area (Å²) in [7, 11) is 0. The number of nitro groups is 1. The molecule has 0 unspecified atom stereocenters. The lowest BCUT2D eigenvalue weighted by Gasteiger charge is -2.10. The second-order valence-corrected chi connectivity index (χ2v) is 7.55. The Morgan fingerprint density at radius 2 is 1.86 bits per heavy atom. The summed E-state index contributed by atoms with van der Waals surface area (Å²) in [5, 5.41) is 27.3. The number of aromatic nitrogens is 4. The molecule has 2 aromatic heterocycles. The van der Waals surface area contributed by atoms with E-state index in [4.69, 9.17) is 0 Å². The maximum atomic E-state index is 12.7. The van der Waals surface area contributed by atoms with Crippen molar-refractivity contribution >= 4 is 33.6 Å². The summed E-state index contributed by atoms with van der Waals surface area (Å²) in [6, 6.07) is 10.1. The molecule has 0 bridgehead atoms. The van der Waals surface area contributed by atoms with E-state index in [9.17, 15) is 14.9 Å². The normalized spacial score (nSPS) is 11.0. The minimum Gasteiger partial charge on any atom is -0.322 e. The molecule has 29 heavy (non-hydrogen) atoms. The van der Waals surface area contributed by atoms with E-state index in [-0.39, 0.29) is 11.3 Å². The first-order valence-corrected chi connectivity index (χ1v) is 9.51. The highest BCUT2D eigenvalue weighted by atomic mass is 32.1. The number of anilines is 1. The van der Waals surface area contributed by atoms with Gasteiger partial charge < -0.3 is 5.32 Å². The number of hydrogen-bond acceptors (Lipinski definition) is 7. The molecule has 0 atom stereocenters. The molecule has 0 saturated carbocycles. The fourth-order valence-corrected chi connectivity index (χ4v) is 3.74. The van der Waals surface area contributed by atoms with Crippen LogP contribution in [0.4, 0.5) is 11.4 Å². The van der Waals surface area contributed by atoms with Crippen molar-refractivity contribution in [1.82, 2.24) is 19.8 Å². The van der Waals surface area contributed by atoms with Crippen LogP contribution in [0.2, 0.25) is 0 Å². The molecular weight excluding hydrogens is 392 g/mol.